The van der Waals surface area contributed by atoms with E-state index in [1.165, 1.54) is 0 Å². The van der Waals surface area contributed by atoms with Crippen LogP contribution in [0.25, 0.3) is 11.3 Å². The first-order valence-electron chi connectivity index (χ1n) is 11.2. The molecule has 0 unspecified atom stereocenters. The van der Waals surface area contributed by atoms with Gasteiger partial charge in [-0.15, -0.1) is 0 Å². The summed E-state index contributed by atoms with van der Waals surface area (Å²) in [5.74, 6) is 1.05. The third-order valence-electron chi connectivity index (χ3n) is 5.84. The van der Waals surface area contributed by atoms with E-state index in [9.17, 15) is 9.90 Å². The molecule has 0 amide bonds. The Balaban J connectivity index is 1.56. The molecule has 5 rings (SSSR count). The minimum absolute atomic E-state index is 0.200. The summed E-state index contributed by atoms with van der Waals surface area (Å²) in [5, 5.41) is 13.3. The van der Waals surface area contributed by atoms with Crippen LogP contribution >= 0.6 is 12.2 Å². The summed E-state index contributed by atoms with van der Waals surface area (Å²) in [6, 6.07) is 23.4. The number of nitrogens with one attached hydrogen (secondary N) is 1. The van der Waals surface area contributed by atoms with Crippen LogP contribution in [0.15, 0.2) is 89.5 Å². The van der Waals surface area contributed by atoms with E-state index in [0.29, 0.717) is 28.8 Å². The summed E-state index contributed by atoms with van der Waals surface area (Å²) >= 11 is 5.76. The van der Waals surface area contributed by atoms with Crippen molar-refractivity contribution in [3.05, 3.63) is 102 Å². The molecule has 0 aliphatic carbocycles. The molecule has 35 heavy (non-hydrogen) atoms. The number of anilines is 1. The lowest BCUT2D eigenvalue weighted by Crippen LogP contribution is -2.29. The van der Waals surface area contributed by atoms with Gasteiger partial charge in [0.2, 0.25) is 0 Å². The number of carbonyl (C=O) groups is 1. The SMILES string of the molecule is CCOc1ccc(N2C(=S)N[C@@H](c3ccccn3)[C@@H]2c2ccc(-c3cccc(C(=O)O)c3)o2)cc1. The van der Waals surface area contributed by atoms with Crippen molar-refractivity contribution in [2.45, 2.75) is 19.0 Å². The highest BCUT2D eigenvalue weighted by molar-refractivity contribution is 7.80. The van der Waals surface area contributed by atoms with Crippen molar-refractivity contribution in [3.63, 3.8) is 0 Å². The molecule has 4 aromatic rings. The van der Waals surface area contributed by atoms with Crippen molar-refractivity contribution in [2.24, 2.45) is 0 Å². The van der Waals surface area contributed by atoms with E-state index in [2.05, 4.69) is 10.3 Å². The summed E-state index contributed by atoms with van der Waals surface area (Å²) in [7, 11) is 0. The molecule has 1 saturated heterocycles. The highest BCUT2D eigenvalue weighted by Crippen LogP contribution is 2.43. The second-order valence-corrected chi connectivity index (χ2v) is 8.40. The molecule has 0 spiro atoms. The Kier molecular flexibility index (Phi) is 6.20. The number of furan rings is 1. The van der Waals surface area contributed by atoms with Gasteiger partial charge in [-0.25, -0.2) is 4.79 Å². The van der Waals surface area contributed by atoms with E-state index in [1.54, 1.807) is 24.4 Å². The fourth-order valence-corrected chi connectivity index (χ4v) is 4.61. The van der Waals surface area contributed by atoms with Crippen molar-refractivity contribution in [3.8, 4) is 17.1 Å². The molecule has 2 aromatic heterocycles. The lowest BCUT2D eigenvalue weighted by atomic mass is 10.0. The number of benzene rings is 2. The molecule has 2 N–H and O–H groups in total. The molecule has 3 heterocycles. The fraction of sp³-hybridized carbons (Fsp3) is 0.148. The molecule has 0 bridgehead atoms. The number of rotatable bonds is 7. The van der Waals surface area contributed by atoms with Crippen LogP contribution < -0.4 is 15.0 Å². The summed E-state index contributed by atoms with van der Waals surface area (Å²) in [6.45, 7) is 2.53. The van der Waals surface area contributed by atoms with E-state index in [4.69, 9.17) is 21.4 Å². The van der Waals surface area contributed by atoms with Crippen LogP contribution in [0.1, 0.15) is 40.8 Å². The Bertz CT molecular complexity index is 1350. The van der Waals surface area contributed by atoms with Crippen LogP contribution in [-0.4, -0.2) is 27.8 Å². The number of carboxylic acids is 1. The fourth-order valence-electron chi connectivity index (χ4n) is 4.26. The molecule has 8 heteroatoms. The van der Waals surface area contributed by atoms with Gasteiger partial charge in [-0.1, -0.05) is 18.2 Å². The van der Waals surface area contributed by atoms with Gasteiger partial charge < -0.3 is 24.5 Å². The van der Waals surface area contributed by atoms with E-state index >= 15 is 0 Å². The third-order valence-corrected chi connectivity index (χ3v) is 6.15. The van der Waals surface area contributed by atoms with E-state index in [1.807, 2.05) is 72.5 Å². The number of nitrogens with zero attached hydrogens (tertiary/aromatic N) is 2. The minimum atomic E-state index is -0.985. The average molecular weight is 486 g/mol. The number of hydrogen-bond donors (Lipinski definition) is 2. The first kappa shape index (κ1) is 22.6. The quantitative estimate of drug-likeness (QED) is 0.326. The molecule has 1 aliphatic rings. The highest BCUT2D eigenvalue weighted by atomic mass is 32.1. The van der Waals surface area contributed by atoms with E-state index in [0.717, 1.165) is 17.1 Å². The number of hydrogen-bond acceptors (Lipinski definition) is 5. The van der Waals surface area contributed by atoms with Crippen LogP contribution in [0.5, 0.6) is 5.75 Å². The molecule has 1 fully saturated rings. The molecule has 176 valence electrons. The molecule has 0 saturated carbocycles. The Labute approximate surface area is 208 Å². The summed E-state index contributed by atoms with van der Waals surface area (Å²) < 4.78 is 11.9. The summed E-state index contributed by atoms with van der Waals surface area (Å²) in [5.41, 5.74) is 2.61. The van der Waals surface area contributed by atoms with Gasteiger partial charge >= 0.3 is 5.97 Å². The predicted octanol–water partition coefficient (Wildman–Crippen LogP) is 5.62. The number of aromatic carboxylic acids is 1. The van der Waals surface area contributed by atoms with Crippen LogP contribution in [0.2, 0.25) is 0 Å². The minimum Gasteiger partial charge on any atom is -0.494 e. The highest BCUT2D eigenvalue weighted by Gasteiger charge is 2.42. The van der Waals surface area contributed by atoms with Gasteiger partial charge in [-0.05, 0) is 79.8 Å². The largest absolute Gasteiger partial charge is 0.494 e. The normalized spacial score (nSPS) is 17.3. The zero-order valence-electron chi connectivity index (χ0n) is 18.9. The van der Waals surface area contributed by atoms with Crippen molar-refractivity contribution >= 4 is 29.0 Å². The Morgan fingerprint density at radius 2 is 1.94 bits per heavy atom. The first-order valence-corrected chi connectivity index (χ1v) is 11.6. The number of thiocarbonyl (C=S) groups is 1. The zero-order chi connectivity index (χ0) is 24.4. The maximum atomic E-state index is 11.4. The van der Waals surface area contributed by atoms with Crippen molar-refractivity contribution < 1.29 is 19.1 Å². The molecule has 2 atom stereocenters. The van der Waals surface area contributed by atoms with Crippen LogP contribution in [0.3, 0.4) is 0 Å². The zero-order valence-corrected chi connectivity index (χ0v) is 19.7. The van der Waals surface area contributed by atoms with Crippen LogP contribution in [-0.2, 0) is 0 Å². The van der Waals surface area contributed by atoms with Gasteiger partial charge in [0.1, 0.15) is 23.3 Å². The van der Waals surface area contributed by atoms with Gasteiger partial charge in [-0.3, -0.25) is 4.98 Å². The van der Waals surface area contributed by atoms with Gasteiger partial charge in [-0.2, -0.15) is 0 Å². The molecule has 1 aliphatic heterocycles. The van der Waals surface area contributed by atoms with Crippen molar-refractivity contribution in [1.29, 1.82) is 0 Å². The van der Waals surface area contributed by atoms with Crippen molar-refractivity contribution in [1.82, 2.24) is 10.3 Å². The maximum Gasteiger partial charge on any atom is 0.335 e. The second kappa shape index (κ2) is 9.60. The average Bonchev–Trinajstić information content (AvgIpc) is 3.50. The number of pyridine rings is 1. The number of carboxylic acid groups (broad SMARTS) is 1. The first-order chi connectivity index (χ1) is 17.0. The van der Waals surface area contributed by atoms with Gasteiger partial charge in [0.25, 0.3) is 0 Å². The lowest BCUT2D eigenvalue weighted by molar-refractivity contribution is 0.0697. The molecule has 0 radical (unpaired) electrons. The smallest absolute Gasteiger partial charge is 0.335 e. The number of ether oxygens (including phenoxy) is 1. The summed E-state index contributed by atoms with van der Waals surface area (Å²) in [4.78, 5) is 18.0. The Morgan fingerprint density at radius 1 is 1.11 bits per heavy atom. The molecule has 2 aromatic carbocycles. The van der Waals surface area contributed by atoms with Gasteiger partial charge in [0.15, 0.2) is 5.11 Å². The maximum absolute atomic E-state index is 11.4. The number of aromatic nitrogens is 1. The lowest BCUT2D eigenvalue weighted by Gasteiger charge is -2.26. The van der Waals surface area contributed by atoms with Crippen LogP contribution in [0.4, 0.5) is 5.69 Å². The predicted molar refractivity (Wildman–Crippen MR) is 137 cm³/mol. The van der Waals surface area contributed by atoms with Crippen LogP contribution in [0, 0.1) is 0 Å². The van der Waals surface area contributed by atoms with E-state index < -0.39 is 5.97 Å². The monoisotopic (exact) mass is 485 g/mol. The summed E-state index contributed by atoms with van der Waals surface area (Å²) in [6.07, 6.45) is 1.75. The van der Waals surface area contributed by atoms with Gasteiger partial charge in [0, 0.05) is 17.4 Å². The Hall–Kier alpha value is -4.17. The van der Waals surface area contributed by atoms with E-state index in [-0.39, 0.29) is 17.6 Å². The Morgan fingerprint density at radius 3 is 2.66 bits per heavy atom. The third kappa shape index (κ3) is 4.48. The molecular weight excluding hydrogens is 462 g/mol. The second-order valence-electron chi connectivity index (χ2n) is 8.01. The topological polar surface area (TPSA) is 87.8 Å². The van der Waals surface area contributed by atoms with Gasteiger partial charge in [0.05, 0.1) is 23.9 Å². The molecule has 7 nitrogen and oxygen atoms in total. The van der Waals surface area contributed by atoms with Crippen molar-refractivity contribution in [2.75, 3.05) is 11.5 Å². The molecular formula is C27H23N3O4S. The standard InChI is InChI=1S/C27H23N3O4S/c1-2-33-20-11-9-19(10-12-20)30-25(24(29-27(30)35)21-8-3-4-15-28-21)23-14-13-22(34-23)17-6-5-7-18(16-17)26(31)32/h3-16,24-25H,2H2,1H3,(H,29,35)(H,31,32)/t24-,25-/m0/s1.